The first kappa shape index (κ1) is 19.2. The number of ether oxygens (including phenoxy) is 1. The molecule has 0 aliphatic carbocycles. The minimum absolute atomic E-state index is 0. The topological polar surface area (TPSA) is 45.7 Å². The average Bonchev–Trinajstić information content (AvgIpc) is 2.55. The number of hydrogen-bond donors (Lipinski definition) is 2. The lowest BCUT2D eigenvalue weighted by atomic mass is 10.2. The Labute approximate surface area is 153 Å². The van der Waals surface area contributed by atoms with Crippen LogP contribution in [0.1, 0.15) is 11.1 Å². The van der Waals surface area contributed by atoms with Gasteiger partial charge in [0.1, 0.15) is 18.2 Å². The lowest BCUT2D eigenvalue weighted by Gasteiger charge is -2.10. The third kappa shape index (κ3) is 6.43. The van der Waals surface area contributed by atoms with E-state index in [1.54, 1.807) is 13.1 Å². The molecule has 2 rings (SSSR count). The zero-order valence-electron chi connectivity index (χ0n) is 13.2. The molecule has 2 N–H and O–H groups in total. The molecule has 23 heavy (non-hydrogen) atoms. The molecular formula is C17H21FIN3O. The molecule has 0 amide bonds. The lowest BCUT2D eigenvalue weighted by molar-refractivity contribution is 0.305. The van der Waals surface area contributed by atoms with Gasteiger partial charge in [0.05, 0.1) is 0 Å². The molecule has 0 fully saturated rings. The van der Waals surface area contributed by atoms with Crippen molar-refractivity contribution in [2.24, 2.45) is 4.99 Å². The number of rotatable bonds is 5. The van der Waals surface area contributed by atoms with Crippen molar-refractivity contribution in [2.75, 3.05) is 14.1 Å². The standard InChI is InChI=1S/C17H20FN3O.HI/c1-19-17(20-2)21-11-13-6-8-16(9-7-13)22-12-14-4-3-5-15(18)10-14;/h3-10H,11-12H2,1-2H3,(H2,19,20,21);1H. The summed E-state index contributed by atoms with van der Waals surface area (Å²) in [6.45, 7) is 1.03. The summed E-state index contributed by atoms with van der Waals surface area (Å²) in [5, 5.41) is 6.14. The van der Waals surface area contributed by atoms with Gasteiger partial charge in [0.2, 0.25) is 0 Å². The molecule has 124 valence electrons. The monoisotopic (exact) mass is 429 g/mol. The van der Waals surface area contributed by atoms with Gasteiger partial charge < -0.3 is 15.4 Å². The van der Waals surface area contributed by atoms with E-state index in [2.05, 4.69) is 15.6 Å². The Balaban J connectivity index is 0.00000264. The van der Waals surface area contributed by atoms with Crippen LogP contribution in [0, 0.1) is 5.82 Å². The molecule has 2 aromatic rings. The largest absolute Gasteiger partial charge is 0.489 e. The van der Waals surface area contributed by atoms with Gasteiger partial charge in [0, 0.05) is 20.6 Å². The average molecular weight is 429 g/mol. The maximum absolute atomic E-state index is 13.1. The van der Waals surface area contributed by atoms with Crippen molar-refractivity contribution in [1.29, 1.82) is 0 Å². The summed E-state index contributed by atoms with van der Waals surface area (Å²) in [6, 6.07) is 14.2. The summed E-state index contributed by atoms with van der Waals surface area (Å²) < 4.78 is 18.7. The predicted molar refractivity (Wildman–Crippen MR) is 102 cm³/mol. The quantitative estimate of drug-likeness (QED) is 0.436. The summed E-state index contributed by atoms with van der Waals surface area (Å²) >= 11 is 0. The Bertz CT molecular complexity index is 632. The summed E-state index contributed by atoms with van der Waals surface area (Å²) in [5.74, 6) is 1.25. The van der Waals surface area contributed by atoms with Gasteiger partial charge in [0.15, 0.2) is 5.96 Å². The number of guanidine groups is 1. The molecule has 0 bridgehead atoms. The molecular weight excluding hydrogens is 408 g/mol. The van der Waals surface area contributed by atoms with Crippen LogP contribution in [-0.4, -0.2) is 20.1 Å². The molecule has 0 aliphatic heterocycles. The molecule has 0 aliphatic rings. The van der Waals surface area contributed by atoms with E-state index in [0.29, 0.717) is 13.2 Å². The van der Waals surface area contributed by atoms with Gasteiger partial charge in [-0.1, -0.05) is 24.3 Å². The number of aliphatic imine (C=N–C) groups is 1. The third-order valence-electron chi connectivity index (χ3n) is 3.14. The van der Waals surface area contributed by atoms with Gasteiger partial charge >= 0.3 is 0 Å². The summed E-state index contributed by atoms with van der Waals surface area (Å²) in [6.07, 6.45) is 0. The first-order valence-corrected chi connectivity index (χ1v) is 7.06. The van der Waals surface area contributed by atoms with Crippen LogP contribution < -0.4 is 15.4 Å². The SMILES string of the molecule is CN=C(NC)NCc1ccc(OCc2cccc(F)c2)cc1.I. The van der Waals surface area contributed by atoms with E-state index in [9.17, 15) is 4.39 Å². The van der Waals surface area contributed by atoms with Crippen LogP contribution >= 0.6 is 24.0 Å². The van der Waals surface area contributed by atoms with Crippen molar-refractivity contribution in [3.8, 4) is 5.75 Å². The first-order chi connectivity index (χ1) is 10.7. The van der Waals surface area contributed by atoms with Crippen molar-refractivity contribution in [2.45, 2.75) is 13.2 Å². The molecule has 0 unspecified atom stereocenters. The Morgan fingerprint density at radius 1 is 1.13 bits per heavy atom. The van der Waals surface area contributed by atoms with Crippen LogP contribution in [0.15, 0.2) is 53.5 Å². The highest BCUT2D eigenvalue weighted by molar-refractivity contribution is 14.0. The molecule has 4 nitrogen and oxygen atoms in total. The number of halogens is 2. The Morgan fingerprint density at radius 2 is 1.87 bits per heavy atom. The van der Waals surface area contributed by atoms with Crippen LogP contribution in [0.25, 0.3) is 0 Å². The van der Waals surface area contributed by atoms with Gasteiger partial charge in [0.25, 0.3) is 0 Å². The number of benzene rings is 2. The van der Waals surface area contributed by atoms with Crippen LogP contribution in [0.5, 0.6) is 5.75 Å². The number of nitrogens with zero attached hydrogens (tertiary/aromatic N) is 1. The van der Waals surface area contributed by atoms with Gasteiger partial charge in [-0.15, -0.1) is 24.0 Å². The fourth-order valence-electron chi connectivity index (χ4n) is 1.96. The van der Waals surface area contributed by atoms with Crippen LogP contribution in [0.2, 0.25) is 0 Å². The van der Waals surface area contributed by atoms with E-state index in [1.165, 1.54) is 12.1 Å². The van der Waals surface area contributed by atoms with Gasteiger partial charge in [-0.25, -0.2) is 4.39 Å². The lowest BCUT2D eigenvalue weighted by Crippen LogP contribution is -2.33. The van der Waals surface area contributed by atoms with Crippen molar-refractivity contribution >= 4 is 29.9 Å². The zero-order chi connectivity index (χ0) is 15.8. The van der Waals surface area contributed by atoms with Gasteiger partial charge in [-0.3, -0.25) is 4.99 Å². The molecule has 0 radical (unpaired) electrons. The normalized spacial score (nSPS) is 10.7. The second-order valence-electron chi connectivity index (χ2n) is 4.74. The van der Waals surface area contributed by atoms with E-state index in [0.717, 1.165) is 22.8 Å². The molecule has 0 aromatic heterocycles. The van der Waals surface area contributed by atoms with Gasteiger partial charge in [-0.05, 0) is 35.4 Å². The number of nitrogens with one attached hydrogen (secondary N) is 2. The summed E-state index contributed by atoms with van der Waals surface area (Å²) in [4.78, 5) is 4.05. The minimum Gasteiger partial charge on any atom is -0.489 e. The van der Waals surface area contributed by atoms with E-state index >= 15 is 0 Å². The molecule has 0 heterocycles. The van der Waals surface area contributed by atoms with E-state index in [1.807, 2.05) is 37.4 Å². The maximum atomic E-state index is 13.1. The fourth-order valence-corrected chi connectivity index (χ4v) is 1.96. The Morgan fingerprint density at radius 3 is 2.48 bits per heavy atom. The van der Waals surface area contributed by atoms with Crippen LogP contribution in [-0.2, 0) is 13.2 Å². The Hall–Kier alpha value is -1.83. The molecule has 6 heteroatoms. The first-order valence-electron chi connectivity index (χ1n) is 7.06. The van der Waals surface area contributed by atoms with Crippen molar-refractivity contribution in [3.05, 3.63) is 65.5 Å². The van der Waals surface area contributed by atoms with Gasteiger partial charge in [-0.2, -0.15) is 0 Å². The zero-order valence-corrected chi connectivity index (χ0v) is 15.5. The highest BCUT2D eigenvalue weighted by Gasteiger charge is 1.99. The second-order valence-corrected chi connectivity index (χ2v) is 4.74. The maximum Gasteiger partial charge on any atom is 0.190 e. The van der Waals surface area contributed by atoms with Crippen molar-refractivity contribution in [3.63, 3.8) is 0 Å². The number of hydrogen-bond acceptors (Lipinski definition) is 2. The third-order valence-corrected chi connectivity index (χ3v) is 3.14. The smallest absolute Gasteiger partial charge is 0.190 e. The van der Waals surface area contributed by atoms with E-state index < -0.39 is 0 Å². The highest BCUT2D eigenvalue weighted by Crippen LogP contribution is 2.14. The van der Waals surface area contributed by atoms with Crippen molar-refractivity contribution in [1.82, 2.24) is 10.6 Å². The van der Waals surface area contributed by atoms with Crippen LogP contribution in [0.3, 0.4) is 0 Å². The summed E-state index contributed by atoms with van der Waals surface area (Å²) in [7, 11) is 3.54. The summed E-state index contributed by atoms with van der Waals surface area (Å²) in [5.41, 5.74) is 1.93. The minimum atomic E-state index is -0.250. The van der Waals surface area contributed by atoms with Crippen molar-refractivity contribution < 1.29 is 9.13 Å². The molecule has 2 aromatic carbocycles. The van der Waals surface area contributed by atoms with Crippen LogP contribution in [0.4, 0.5) is 4.39 Å². The van der Waals surface area contributed by atoms with E-state index in [-0.39, 0.29) is 29.8 Å². The van der Waals surface area contributed by atoms with E-state index in [4.69, 9.17) is 4.74 Å². The molecule has 0 saturated carbocycles. The predicted octanol–water partition coefficient (Wildman–Crippen LogP) is 3.32. The molecule has 0 spiro atoms. The highest BCUT2D eigenvalue weighted by atomic mass is 127. The Kier molecular flexibility index (Phi) is 8.39. The fraction of sp³-hybridized carbons (Fsp3) is 0.235. The second kappa shape index (κ2) is 10.0. The molecule has 0 saturated heterocycles. The molecule has 0 atom stereocenters.